The van der Waals surface area contributed by atoms with Crippen LogP contribution in [0.25, 0.3) is 0 Å². The van der Waals surface area contributed by atoms with E-state index < -0.39 is 17.4 Å². The van der Waals surface area contributed by atoms with E-state index in [9.17, 15) is 14.4 Å². The monoisotopic (exact) mass is 354 g/mol. The van der Waals surface area contributed by atoms with E-state index >= 15 is 0 Å². The normalized spacial score (nSPS) is 10.7. The van der Waals surface area contributed by atoms with Crippen molar-refractivity contribution in [3.63, 3.8) is 0 Å². The average molecular weight is 354 g/mol. The van der Waals surface area contributed by atoms with Gasteiger partial charge in [-0.15, -0.1) is 0 Å². The fraction of sp³-hybridized carbons (Fsp3) is 0.263. The van der Waals surface area contributed by atoms with Crippen LogP contribution in [0.1, 0.15) is 36.7 Å². The molecule has 0 saturated carbocycles. The molecule has 0 aliphatic carbocycles. The topological polar surface area (TPSA) is 100 Å². The third-order valence-electron chi connectivity index (χ3n) is 3.29. The molecular formula is C19H22N4O3. The van der Waals surface area contributed by atoms with Crippen LogP contribution in [0.3, 0.4) is 0 Å². The van der Waals surface area contributed by atoms with Crippen molar-refractivity contribution in [2.75, 3.05) is 5.32 Å². The molecule has 1 aromatic carbocycles. The van der Waals surface area contributed by atoms with Gasteiger partial charge in [0.1, 0.15) is 0 Å². The number of pyridine rings is 1. The first kappa shape index (κ1) is 19.1. The molecule has 136 valence electrons. The van der Waals surface area contributed by atoms with Crippen LogP contribution in [0.15, 0.2) is 48.8 Å². The van der Waals surface area contributed by atoms with E-state index in [4.69, 9.17) is 0 Å². The van der Waals surface area contributed by atoms with Gasteiger partial charge in [-0.25, -0.2) is 0 Å². The zero-order valence-corrected chi connectivity index (χ0v) is 15.0. The molecule has 0 atom stereocenters. The van der Waals surface area contributed by atoms with Crippen molar-refractivity contribution in [1.82, 2.24) is 15.6 Å². The molecule has 0 fully saturated rings. The van der Waals surface area contributed by atoms with Crippen LogP contribution < -0.4 is 16.0 Å². The molecule has 0 aliphatic heterocycles. The van der Waals surface area contributed by atoms with Crippen molar-refractivity contribution in [2.24, 2.45) is 0 Å². The quantitative estimate of drug-likeness (QED) is 0.730. The van der Waals surface area contributed by atoms with Gasteiger partial charge in [-0.3, -0.25) is 19.4 Å². The average Bonchev–Trinajstić information content (AvgIpc) is 2.59. The lowest BCUT2D eigenvalue weighted by Crippen LogP contribution is -2.46. The Morgan fingerprint density at radius 3 is 2.38 bits per heavy atom. The van der Waals surface area contributed by atoms with Crippen molar-refractivity contribution < 1.29 is 14.4 Å². The van der Waals surface area contributed by atoms with Crippen LogP contribution in [-0.2, 0) is 16.1 Å². The highest BCUT2D eigenvalue weighted by atomic mass is 16.2. The maximum absolute atomic E-state index is 12.4. The molecule has 1 aromatic heterocycles. The van der Waals surface area contributed by atoms with Gasteiger partial charge in [0, 0.05) is 24.5 Å². The first-order valence-electron chi connectivity index (χ1n) is 8.16. The highest BCUT2D eigenvalue weighted by molar-refractivity contribution is 6.40. The molecule has 2 rings (SSSR count). The number of anilines is 1. The van der Waals surface area contributed by atoms with Crippen LogP contribution in [-0.4, -0.2) is 28.2 Å². The molecule has 3 amide bonds. The number of carbonyl (C=O) groups excluding carboxylic acids is 3. The molecule has 1 heterocycles. The molecule has 2 aromatic rings. The Morgan fingerprint density at radius 1 is 1.00 bits per heavy atom. The van der Waals surface area contributed by atoms with Crippen molar-refractivity contribution in [3.8, 4) is 0 Å². The predicted octanol–water partition coefficient (Wildman–Crippen LogP) is 1.86. The van der Waals surface area contributed by atoms with Crippen LogP contribution in [0, 0.1) is 0 Å². The van der Waals surface area contributed by atoms with Crippen molar-refractivity contribution in [1.29, 1.82) is 0 Å². The zero-order valence-electron chi connectivity index (χ0n) is 15.0. The molecule has 0 spiro atoms. The highest BCUT2D eigenvalue weighted by Crippen LogP contribution is 2.15. The van der Waals surface area contributed by atoms with Gasteiger partial charge in [-0.1, -0.05) is 18.2 Å². The minimum absolute atomic E-state index is 0.269. The number of para-hydroxylation sites is 1. The lowest BCUT2D eigenvalue weighted by molar-refractivity contribution is -0.137. The van der Waals surface area contributed by atoms with Crippen LogP contribution in [0.5, 0.6) is 0 Å². The predicted molar refractivity (Wildman–Crippen MR) is 98.4 cm³/mol. The van der Waals surface area contributed by atoms with Crippen LogP contribution in [0.2, 0.25) is 0 Å². The largest absolute Gasteiger partial charge is 0.348 e. The summed E-state index contributed by atoms with van der Waals surface area (Å²) in [4.78, 5) is 40.4. The smallest absolute Gasteiger partial charge is 0.313 e. The van der Waals surface area contributed by atoms with Gasteiger partial charge in [0.05, 0.1) is 11.3 Å². The summed E-state index contributed by atoms with van der Waals surface area (Å²) >= 11 is 0. The summed E-state index contributed by atoms with van der Waals surface area (Å²) in [5.74, 6) is -1.95. The second-order valence-corrected chi connectivity index (χ2v) is 6.75. The molecule has 7 heteroatoms. The zero-order chi connectivity index (χ0) is 19.2. The first-order chi connectivity index (χ1) is 12.3. The number of rotatable bonds is 4. The van der Waals surface area contributed by atoms with Gasteiger partial charge in [0.25, 0.3) is 5.91 Å². The number of hydrogen-bond donors (Lipinski definition) is 3. The lowest BCUT2D eigenvalue weighted by atomic mass is 10.1. The lowest BCUT2D eigenvalue weighted by Gasteiger charge is -2.20. The molecule has 0 unspecified atom stereocenters. The van der Waals surface area contributed by atoms with E-state index in [0.717, 1.165) is 5.56 Å². The third kappa shape index (κ3) is 5.70. The van der Waals surface area contributed by atoms with E-state index in [2.05, 4.69) is 20.9 Å². The van der Waals surface area contributed by atoms with Crippen molar-refractivity contribution in [3.05, 3.63) is 59.9 Å². The Kier molecular flexibility index (Phi) is 6.06. The van der Waals surface area contributed by atoms with Crippen molar-refractivity contribution >= 4 is 23.4 Å². The third-order valence-corrected chi connectivity index (χ3v) is 3.29. The Bertz CT molecular complexity index is 798. The fourth-order valence-electron chi connectivity index (χ4n) is 2.15. The molecule has 0 aliphatic rings. The summed E-state index contributed by atoms with van der Waals surface area (Å²) in [6.07, 6.45) is 3.31. The van der Waals surface area contributed by atoms with E-state index in [0.29, 0.717) is 6.54 Å². The van der Waals surface area contributed by atoms with Gasteiger partial charge in [-0.2, -0.15) is 0 Å². The summed E-state index contributed by atoms with van der Waals surface area (Å²) < 4.78 is 0. The minimum Gasteiger partial charge on any atom is -0.348 e. The van der Waals surface area contributed by atoms with E-state index in [1.54, 1.807) is 63.5 Å². The fourth-order valence-corrected chi connectivity index (χ4v) is 2.15. The Hall–Kier alpha value is -3.22. The van der Waals surface area contributed by atoms with E-state index in [-0.39, 0.29) is 17.2 Å². The van der Waals surface area contributed by atoms with E-state index in [1.807, 2.05) is 6.07 Å². The molecule has 0 bridgehead atoms. The second-order valence-electron chi connectivity index (χ2n) is 6.75. The number of benzene rings is 1. The van der Waals surface area contributed by atoms with Crippen LogP contribution >= 0.6 is 0 Å². The molecule has 26 heavy (non-hydrogen) atoms. The summed E-state index contributed by atoms with van der Waals surface area (Å²) in [7, 11) is 0. The second kappa shape index (κ2) is 8.24. The number of aromatic nitrogens is 1. The van der Waals surface area contributed by atoms with Crippen molar-refractivity contribution in [2.45, 2.75) is 32.9 Å². The Balaban J connectivity index is 2.06. The molecule has 0 radical (unpaired) electrons. The summed E-state index contributed by atoms with van der Waals surface area (Å²) in [5.41, 5.74) is 0.861. The Morgan fingerprint density at radius 2 is 1.73 bits per heavy atom. The maximum atomic E-state index is 12.4. The van der Waals surface area contributed by atoms with Gasteiger partial charge in [0.15, 0.2) is 0 Å². The SMILES string of the molecule is CC(C)(C)NC(=O)C(=O)Nc1ccccc1C(=O)NCc1cccnc1. The van der Waals surface area contributed by atoms with Gasteiger partial charge >= 0.3 is 11.8 Å². The molecular weight excluding hydrogens is 332 g/mol. The number of carbonyl (C=O) groups is 3. The van der Waals surface area contributed by atoms with E-state index in [1.165, 1.54) is 0 Å². The standard InChI is InChI=1S/C19H22N4O3/c1-19(2,3)23-18(26)17(25)22-15-9-5-4-8-14(15)16(24)21-12-13-7-6-10-20-11-13/h4-11H,12H2,1-3H3,(H,21,24)(H,22,25)(H,23,26). The van der Waals surface area contributed by atoms with Gasteiger partial charge in [0.2, 0.25) is 0 Å². The first-order valence-corrected chi connectivity index (χ1v) is 8.16. The number of amides is 3. The Labute approximate surface area is 152 Å². The summed E-state index contributed by atoms with van der Waals surface area (Å²) in [6, 6.07) is 10.1. The summed E-state index contributed by atoms with van der Waals surface area (Å²) in [6.45, 7) is 5.63. The highest BCUT2D eigenvalue weighted by Gasteiger charge is 2.21. The van der Waals surface area contributed by atoms with Gasteiger partial charge in [-0.05, 0) is 44.5 Å². The molecule has 0 saturated heterocycles. The molecule has 3 N–H and O–H groups in total. The summed E-state index contributed by atoms with van der Waals surface area (Å²) in [5, 5.41) is 7.83. The van der Waals surface area contributed by atoms with Gasteiger partial charge < -0.3 is 16.0 Å². The maximum Gasteiger partial charge on any atom is 0.313 e. The number of hydrogen-bond acceptors (Lipinski definition) is 4. The number of nitrogens with zero attached hydrogens (tertiary/aromatic N) is 1. The van der Waals surface area contributed by atoms with Crippen LogP contribution in [0.4, 0.5) is 5.69 Å². The molecule has 7 nitrogen and oxygen atoms in total. The minimum atomic E-state index is -0.826. The number of nitrogens with one attached hydrogen (secondary N) is 3.